The van der Waals surface area contributed by atoms with Crippen LogP contribution in [0.4, 0.5) is 11.4 Å². The van der Waals surface area contributed by atoms with Gasteiger partial charge in [-0.1, -0.05) is 218 Å². The van der Waals surface area contributed by atoms with E-state index in [1.54, 1.807) is 0 Å². The third-order valence-electron chi connectivity index (χ3n) is 10.4. The molecule has 56 heavy (non-hydrogen) atoms. The van der Waals surface area contributed by atoms with Crippen molar-refractivity contribution in [2.24, 2.45) is 9.49 Å². The van der Waals surface area contributed by atoms with E-state index in [0.29, 0.717) is 0 Å². The third kappa shape index (κ3) is 7.82. The molecule has 8 aromatic carbocycles. The number of hydrogen-bond acceptors (Lipinski definition) is 2. The van der Waals surface area contributed by atoms with Gasteiger partial charge in [-0.25, -0.2) is 0 Å². The van der Waals surface area contributed by atoms with E-state index in [9.17, 15) is 0 Å². The number of rotatable bonds is 13. The van der Waals surface area contributed by atoms with Gasteiger partial charge in [0.25, 0.3) is 0 Å². The molecule has 0 radical (unpaired) electrons. The maximum atomic E-state index is 5.88. The van der Waals surface area contributed by atoms with Crippen molar-refractivity contribution < 1.29 is 0 Å². The lowest BCUT2D eigenvalue weighted by Gasteiger charge is -2.27. The minimum absolute atomic E-state index is 0.951. The maximum Gasteiger partial charge on any atom is 0.0657 e. The summed E-state index contributed by atoms with van der Waals surface area (Å²) in [5, 5.41) is 7.54. The first-order chi connectivity index (χ1) is 27.8. The molecule has 0 amide bonds. The predicted octanol–water partition coefficient (Wildman–Crippen LogP) is 11.9. The van der Waals surface area contributed by atoms with Crippen LogP contribution in [-0.4, -0.2) is 0 Å². The molecule has 8 aromatic rings. The molecule has 0 bridgehead atoms. The molecule has 0 saturated carbocycles. The molecule has 4 heteroatoms. The topological polar surface area (TPSA) is 24.7 Å². The van der Waals surface area contributed by atoms with E-state index in [4.69, 9.17) is 9.49 Å². The Morgan fingerprint density at radius 1 is 0.250 bits per heavy atom. The molecule has 0 aliphatic carbocycles. The molecule has 0 aromatic heterocycles. The van der Waals surface area contributed by atoms with Gasteiger partial charge in [-0.05, 0) is 48.9 Å². The molecule has 0 heterocycles. The van der Waals surface area contributed by atoms with Crippen LogP contribution in [0.5, 0.6) is 0 Å². The molecule has 0 atom stereocenters. The fourth-order valence-corrected chi connectivity index (χ4v) is 14.8. The summed E-state index contributed by atoms with van der Waals surface area (Å²) in [6.07, 6.45) is 3.99. The van der Waals surface area contributed by atoms with Crippen LogP contribution < -0.4 is 31.8 Å². The number of aryl methyl sites for hydroxylation is 2. The SMILES string of the molecule is c1ccc(P(=Nc2ccccc2CCCCc2ccccc2N=P(c2ccccc2)(c2ccccc2)c2ccccc2)(c2ccccc2)c2ccccc2)cc1. The Balaban J connectivity index is 1.14. The van der Waals surface area contributed by atoms with E-state index in [1.807, 2.05) is 0 Å². The van der Waals surface area contributed by atoms with Crippen LogP contribution in [-0.2, 0) is 12.8 Å². The van der Waals surface area contributed by atoms with Crippen LogP contribution in [0.25, 0.3) is 0 Å². The van der Waals surface area contributed by atoms with Gasteiger partial charge in [-0.3, -0.25) is 9.49 Å². The lowest BCUT2D eigenvalue weighted by Crippen LogP contribution is -2.25. The summed E-state index contributed by atoms with van der Waals surface area (Å²) in [5.74, 6) is 0. The zero-order chi connectivity index (χ0) is 37.9. The number of nitrogens with zero attached hydrogens (tertiary/aromatic N) is 2. The number of benzene rings is 8. The van der Waals surface area contributed by atoms with Crippen LogP contribution in [0, 0.1) is 0 Å². The van der Waals surface area contributed by atoms with Gasteiger partial charge in [0.05, 0.1) is 25.5 Å². The lowest BCUT2D eigenvalue weighted by molar-refractivity contribution is 0.735. The fraction of sp³-hybridized carbons (Fsp3) is 0.0769. The van der Waals surface area contributed by atoms with Crippen molar-refractivity contribution in [3.8, 4) is 0 Å². The average Bonchev–Trinajstić information content (AvgIpc) is 3.29. The molecule has 0 aliphatic heterocycles. The highest BCUT2D eigenvalue weighted by Gasteiger charge is 2.29. The second kappa shape index (κ2) is 17.8. The molecule has 0 fully saturated rings. The van der Waals surface area contributed by atoms with E-state index in [-0.39, 0.29) is 0 Å². The van der Waals surface area contributed by atoms with Crippen LogP contribution in [0.15, 0.2) is 240 Å². The summed E-state index contributed by atoms with van der Waals surface area (Å²) < 4.78 is 11.8. The number of unbranched alkanes of at least 4 members (excludes halogenated alkanes) is 1. The second-order valence-electron chi connectivity index (χ2n) is 13.9. The summed E-state index contributed by atoms with van der Waals surface area (Å²) in [7, 11) is -4.75. The van der Waals surface area contributed by atoms with Crippen molar-refractivity contribution in [1.29, 1.82) is 0 Å². The van der Waals surface area contributed by atoms with Gasteiger partial charge in [0.15, 0.2) is 0 Å². The first kappa shape index (κ1) is 37.2. The van der Waals surface area contributed by atoms with E-state index in [0.717, 1.165) is 37.1 Å². The van der Waals surface area contributed by atoms with E-state index < -0.39 is 14.1 Å². The highest BCUT2D eigenvalue weighted by Crippen LogP contribution is 2.51. The second-order valence-corrected chi connectivity index (χ2v) is 20.0. The average molecular weight is 761 g/mol. The van der Waals surface area contributed by atoms with Gasteiger partial charge < -0.3 is 0 Å². The summed E-state index contributed by atoms with van der Waals surface area (Å²) in [4.78, 5) is 0. The first-order valence-electron chi connectivity index (χ1n) is 19.5. The van der Waals surface area contributed by atoms with Crippen molar-refractivity contribution >= 4 is 57.3 Å². The highest BCUT2D eigenvalue weighted by molar-refractivity contribution is 7.88. The van der Waals surface area contributed by atoms with Crippen LogP contribution in [0.1, 0.15) is 24.0 Å². The molecule has 0 spiro atoms. The highest BCUT2D eigenvalue weighted by atomic mass is 31.2. The molecule has 2 nitrogen and oxygen atoms in total. The Labute approximate surface area is 332 Å². The molecule has 0 N–H and O–H groups in total. The van der Waals surface area contributed by atoms with Gasteiger partial charge in [-0.15, -0.1) is 0 Å². The predicted molar refractivity (Wildman–Crippen MR) is 244 cm³/mol. The van der Waals surface area contributed by atoms with Crippen LogP contribution >= 0.6 is 14.1 Å². The Kier molecular flexibility index (Phi) is 11.8. The Bertz CT molecular complexity index is 2180. The van der Waals surface area contributed by atoms with Crippen molar-refractivity contribution in [1.82, 2.24) is 0 Å². The summed E-state index contributed by atoms with van der Waals surface area (Å²) in [6.45, 7) is 0. The van der Waals surface area contributed by atoms with Gasteiger partial charge in [0.1, 0.15) is 0 Å². The molecule has 8 rings (SSSR count). The van der Waals surface area contributed by atoms with Crippen molar-refractivity contribution in [2.45, 2.75) is 25.7 Å². The molecular weight excluding hydrogens is 715 g/mol. The summed E-state index contributed by atoms with van der Waals surface area (Å²) >= 11 is 0. The first-order valence-corrected chi connectivity index (χ1v) is 23.0. The maximum absolute atomic E-state index is 5.88. The summed E-state index contributed by atoms with van der Waals surface area (Å²) in [6, 6.07) is 83.0. The fourth-order valence-electron chi connectivity index (χ4n) is 7.70. The molecule has 0 saturated heterocycles. The van der Waals surface area contributed by atoms with Gasteiger partial charge in [0.2, 0.25) is 0 Å². The molecular formula is C52H46N2P2. The van der Waals surface area contributed by atoms with Crippen LogP contribution in [0.2, 0.25) is 0 Å². The van der Waals surface area contributed by atoms with Crippen molar-refractivity contribution in [2.75, 3.05) is 0 Å². The zero-order valence-corrected chi connectivity index (χ0v) is 33.3. The minimum Gasteiger partial charge on any atom is -0.254 e. The Morgan fingerprint density at radius 3 is 0.714 bits per heavy atom. The monoisotopic (exact) mass is 760 g/mol. The standard InChI is InChI=1S/C52H46N2P2/c1-7-29-45(30-8-1)55(46-31-9-2-10-32-46,47-33-11-3-12-34-47)53-51-41-23-21-27-43(51)25-19-20-26-44-28-22-24-42-52(44)54-56(48-35-13-4-14-36-48,49-37-15-5-16-38-49)50-39-17-6-18-40-50/h1-18,21-24,27-42H,19-20,25-26H2. The minimum atomic E-state index is -2.38. The van der Waals surface area contributed by atoms with Crippen molar-refractivity contribution in [3.05, 3.63) is 242 Å². The largest absolute Gasteiger partial charge is 0.254 e. The van der Waals surface area contributed by atoms with Gasteiger partial charge in [0, 0.05) is 31.8 Å². The van der Waals surface area contributed by atoms with Crippen molar-refractivity contribution in [3.63, 3.8) is 0 Å². The van der Waals surface area contributed by atoms with Gasteiger partial charge in [-0.2, -0.15) is 0 Å². The lowest BCUT2D eigenvalue weighted by atomic mass is 10.0. The van der Waals surface area contributed by atoms with Crippen LogP contribution in [0.3, 0.4) is 0 Å². The Hall–Kier alpha value is -5.78. The zero-order valence-electron chi connectivity index (χ0n) is 31.6. The summed E-state index contributed by atoms with van der Waals surface area (Å²) in [5.41, 5.74) is 4.74. The van der Waals surface area contributed by atoms with E-state index in [1.165, 1.54) is 43.0 Å². The molecule has 0 unspecified atom stereocenters. The normalized spacial score (nSPS) is 11.5. The van der Waals surface area contributed by atoms with E-state index >= 15 is 0 Å². The quantitative estimate of drug-likeness (QED) is 0.0826. The molecule has 0 aliphatic rings. The van der Waals surface area contributed by atoms with E-state index in [2.05, 4.69) is 231 Å². The number of hydrogen-bond donors (Lipinski definition) is 0. The molecule has 274 valence electrons. The van der Waals surface area contributed by atoms with Gasteiger partial charge >= 0.3 is 0 Å². The smallest absolute Gasteiger partial charge is 0.0657 e. The Morgan fingerprint density at radius 2 is 0.464 bits per heavy atom. The third-order valence-corrected chi connectivity index (χ3v) is 17.7.